The first-order chi connectivity index (χ1) is 22.8. The van der Waals surface area contributed by atoms with Crippen molar-refractivity contribution in [2.24, 2.45) is 0 Å². The zero-order valence-electron chi connectivity index (χ0n) is 24.3. The summed E-state index contributed by atoms with van der Waals surface area (Å²) in [7, 11) is 0. The molecule has 3 aromatic heterocycles. The number of benzene rings is 2. The average Bonchev–Trinajstić information content (AvgIpc) is 3.68. The number of para-hydroxylation sites is 1. The van der Waals surface area contributed by atoms with Crippen LogP contribution in [0.4, 0.5) is 27.6 Å². The number of aryl methyl sites for hydroxylation is 1. The lowest BCUT2D eigenvalue weighted by atomic mass is 10.0. The molecule has 5 aromatic rings. The summed E-state index contributed by atoms with van der Waals surface area (Å²) in [5.74, 6) is -2.96. The van der Waals surface area contributed by atoms with E-state index in [0.717, 1.165) is 15.5 Å². The van der Waals surface area contributed by atoms with Crippen molar-refractivity contribution < 1.29 is 36.3 Å². The molecular formula is C29H20ClF5N10O3. The van der Waals surface area contributed by atoms with Gasteiger partial charge in [-0.1, -0.05) is 29.8 Å². The largest absolute Gasteiger partial charge is 0.573 e. The molecule has 0 atom stereocenters. The zero-order chi connectivity index (χ0) is 34.6. The number of halogens is 6. The van der Waals surface area contributed by atoms with Gasteiger partial charge in [-0.25, -0.2) is 18.4 Å². The Balaban J connectivity index is 1.47. The van der Waals surface area contributed by atoms with Gasteiger partial charge >= 0.3 is 12.8 Å². The number of aromatic nitrogens is 7. The summed E-state index contributed by atoms with van der Waals surface area (Å²) in [6.45, 7) is 0.849. The zero-order valence-corrected chi connectivity index (χ0v) is 25.1. The van der Waals surface area contributed by atoms with Crippen LogP contribution in [0.25, 0.3) is 5.82 Å². The van der Waals surface area contributed by atoms with Crippen molar-refractivity contribution in [3.63, 3.8) is 0 Å². The molecule has 48 heavy (non-hydrogen) atoms. The molecule has 3 heterocycles. The molecule has 0 aliphatic rings. The summed E-state index contributed by atoms with van der Waals surface area (Å²) in [5, 5.41) is 29.5. The number of anilines is 1. The summed E-state index contributed by atoms with van der Waals surface area (Å²) in [6.07, 6.45) is -6.54. The van der Waals surface area contributed by atoms with Gasteiger partial charge in [-0.3, -0.25) is 9.59 Å². The molecule has 0 unspecified atom stereocenters. The number of amides is 2. The summed E-state index contributed by atoms with van der Waals surface area (Å²) >= 11 is 6.33. The Hall–Kier alpha value is -5.96. The third-order valence-electron chi connectivity index (χ3n) is 6.48. The third-order valence-corrected chi connectivity index (χ3v) is 6.78. The normalized spacial score (nSPS) is 11.3. The Labute approximate surface area is 271 Å². The number of pyridine rings is 1. The van der Waals surface area contributed by atoms with Crippen LogP contribution >= 0.6 is 11.6 Å². The molecular weight excluding hydrogens is 667 g/mol. The predicted molar refractivity (Wildman–Crippen MR) is 156 cm³/mol. The first kappa shape index (κ1) is 33.4. The number of rotatable bonds is 10. The number of alkyl halides is 5. The molecule has 2 N–H and O–H groups in total. The maximum Gasteiger partial charge on any atom is 0.573 e. The number of nitriles is 1. The van der Waals surface area contributed by atoms with E-state index in [2.05, 4.69) is 40.9 Å². The minimum absolute atomic E-state index is 0.00753. The van der Waals surface area contributed by atoms with Crippen molar-refractivity contribution in [1.82, 2.24) is 40.3 Å². The Morgan fingerprint density at radius 2 is 1.85 bits per heavy atom. The molecule has 2 amide bonds. The highest BCUT2D eigenvalue weighted by molar-refractivity contribution is 6.32. The lowest BCUT2D eigenvalue weighted by Gasteiger charge is -2.16. The molecule has 246 valence electrons. The Kier molecular flexibility index (Phi) is 9.61. The van der Waals surface area contributed by atoms with Gasteiger partial charge in [-0.15, -0.1) is 23.4 Å². The number of ether oxygens (including phenoxy) is 1. The molecule has 0 saturated heterocycles. The van der Waals surface area contributed by atoms with Gasteiger partial charge in [0.05, 0.1) is 33.6 Å². The Bertz CT molecular complexity index is 2040. The fourth-order valence-corrected chi connectivity index (χ4v) is 4.64. The lowest BCUT2D eigenvalue weighted by Crippen LogP contribution is -2.27. The van der Waals surface area contributed by atoms with Crippen molar-refractivity contribution in [2.75, 3.05) is 5.32 Å². The highest BCUT2D eigenvalue weighted by Gasteiger charge is 2.32. The van der Waals surface area contributed by atoms with Crippen LogP contribution in [0.2, 0.25) is 5.02 Å². The van der Waals surface area contributed by atoms with Crippen LogP contribution in [0.3, 0.4) is 0 Å². The molecule has 5 rings (SSSR count). The first-order valence-electron chi connectivity index (χ1n) is 13.6. The van der Waals surface area contributed by atoms with Gasteiger partial charge < -0.3 is 15.4 Å². The summed E-state index contributed by atoms with van der Waals surface area (Å²) in [6, 6.07) is 14.1. The van der Waals surface area contributed by atoms with Crippen LogP contribution in [0, 0.1) is 18.3 Å². The second kappa shape index (κ2) is 13.8. The molecule has 0 spiro atoms. The number of tetrazole rings is 1. The van der Waals surface area contributed by atoms with Crippen LogP contribution in [0.1, 0.15) is 55.5 Å². The van der Waals surface area contributed by atoms with E-state index in [1.165, 1.54) is 55.6 Å². The van der Waals surface area contributed by atoms with Crippen LogP contribution < -0.4 is 15.4 Å². The van der Waals surface area contributed by atoms with E-state index in [4.69, 9.17) is 11.6 Å². The van der Waals surface area contributed by atoms with E-state index in [1.54, 1.807) is 6.07 Å². The fourth-order valence-electron chi connectivity index (χ4n) is 4.44. The van der Waals surface area contributed by atoms with E-state index in [1.807, 2.05) is 6.07 Å². The standard InChI is InChI=1S/C29H20ClF5N10O3/c1-15-9-16(12-36)10-19(27(46)38-13-17-5-2-3-7-22(17)48-29(33,34)35)23(15)39-28(47)21-11-18(14-44-42-25(24(31)32)40-43-44)41-45(21)26-20(30)6-4-8-37-26/h2-11,24H,13-14H2,1H3,(H,38,46)(H,39,47). The van der Waals surface area contributed by atoms with Crippen molar-refractivity contribution in [2.45, 2.75) is 32.8 Å². The van der Waals surface area contributed by atoms with Crippen molar-refractivity contribution >= 4 is 29.1 Å². The maximum absolute atomic E-state index is 13.8. The fraction of sp³-hybridized carbons (Fsp3) is 0.172. The average molecular weight is 687 g/mol. The lowest BCUT2D eigenvalue weighted by molar-refractivity contribution is -0.274. The second-order valence-electron chi connectivity index (χ2n) is 9.84. The SMILES string of the molecule is Cc1cc(C#N)cc(C(=O)NCc2ccccc2OC(F)(F)F)c1NC(=O)c1cc(Cn2nnc(C(F)F)n2)nn1-c1ncccc1Cl. The van der Waals surface area contributed by atoms with E-state index >= 15 is 0 Å². The van der Waals surface area contributed by atoms with Crippen molar-refractivity contribution in [1.29, 1.82) is 5.26 Å². The summed E-state index contributed by atoms with van der Waals surface area (Å²) in [4.78, 5) is 32.2. The highest BCUT2D eigenvalue weighted by Crippen LogP contribution is 2.28. The number of carbonyl (C=O) groups is 2. The van der Waals surface area contributed by atoms with Gasteiger partial charge in [0.2, 0.25) is 5.82 Å². The van der Waals surface area contributed by atoms with E-state index in [-0.39, 0.29) is 51.2 Å². The van der Waals surface area contributed by atoms with Crippen LogP contribution in [-0.2, 0) is 13.1 Å². The molecule has 19 heteroatoms. The molecule has 13 nitrogen and oxygen atoms in total. The van der Waals surface area contributed by atoms with Gasteiger partial charge in [0.1, 0.15) is 18.0 Å². The van der Waals surface area contributed by atoms with E-state index < -0.39 is 42.7 Å². The number of carbonyl (C=O) groups excluding carboxylic acids is 2. The third kappa shape index (κ3) is 7.70. The van der Waals surface area contributed by atoms with E-state index in [0.29, 0.717) is 5.56 Å². The minimum Gasteiger partial charge on any atom is -0.405 e. The highest BCUT2D eigenvalue weighted by atomic mass is 35.5. The summed E-state index contributed by atoms with van der Waals surface area (Å²) in [5.41, 5.74) is 0.116. The van der Waals surface area contributed by atoms with Gasteiger partial charge in [0.15, 0.2) is 5.82 Å². The quantitative estimate of drug-likeness (QED) is 0.189. The minimum atomic E-state index is -4.97. The topological polar surface area (TPSA) is 166 Å². The number of nitrogens with zero attached hydrogens (tertiary/aromatic N) is 8. The number of nitrogens with one attached hydrogen (secondary N) is 2. The monoisotopic (exact) mass is 686 g/mol. The van der Waals surface area contributed by atoms with Gasteiger partial charge in [-0.05, 0) is 54.1 Å². The number of hydrogen-bond donors (Lipinski definition) is 2. The molecule has 0 bridgehead atoms. The molecule has 2 aromatic carbocycles. The van der Waals surface area contributed by atoms with Gasteiger partial charge in [0.25, 0.3) is 11.8 Å². The smallest absolute Gasteiger partial charge is 0.405 e. The Morgan fingerprint density at radius 3 is 2.54 bits per heavy atom. The molecule has 0 fully saturated rings. The predicted octanol–water partition coefficient (Wildman–Crippen LogP) is 5.15. The van der Waals surface area contributed by atoms with Crippen molar-refractivity contribution in [3.8, 4) is 17.6 Å². The van der Waals surface area contributed by atoms with Crippen molar-refractivity contribution in [3.05, 3.63) is 105 Å². The maximum atomic E-state index is 13.8. The molecule has 0 saturated carbocycles. The molecule has 0 aliphatic carbocycles. The second-order valence-corrected chi connectivity index (χ2v) is 10.2. The van der Waals surface area contributed by atoms with Gasteiger partial charge in [0, 0.05) is 18.3 Å². The van der Waals surface area contributed by atoms with Crippen LogP contribution in [0.5, 0.6) is 5.75 Å². The first-order valence-corrected chi connectivity index (χ1v) is 13.9. The van der Waals surface area contributed by atoms with Crippen LogP contribution in [-0.4, -0.2) is 53.1 Å². The number of hydrogen-bond acceptors (Lipinski definition) is 9. The summed E-state index contributed by atoms with van der Waals surface area (Å²) < 4.78 is 69.8. The molecule has 0 aliphatic heterocycles. The van der Waals surface area contributed by atoms with E-state index in [9.17, 15) is 36.8 Å². The Morgan fingerprint density at radius 1 is 1.08 bits per heavy atom. The van der Waals surface area contributed by atoms with Gasteiger partial charge in [-0.2, -0.15) is 15.2 Å². The van der Waals surface area contributed by atoms with Crippen LogP contribution in [0.15, 0.2) is 60.8 Å². The molecule has 0 radical (unpaired) electrons.